The molecule has 0 fully saturated rings. The third kappa shape index (κ3) is 2.33. The van der Waals surface area contributed by atoms with Gasteiger partial charge in [-0.05, 0) is 18.4 Å². The fourth-order valence-electron chi connectivity index (χ4n) is 1.40. The van der Waals surface area contributed by atoms with Gasteiger partial charge in [0.15, 0.2) is 12.4 Å². The molecule has 3 nitrogen and oxygen atoms in total. The van der Waals surface area contributed by atoms with E-state index in [1.165, 1.54) is 10.1 Å². The third-order valence-electron chi connectivity index (χ3n) is 2.07. The molecule has 0 N–H and O–H groups in total. The summed E-state index contributed by atoms with van der Waals surface area (Å²) in [6.45, 7) is 2.52. The monoisotopic (exact) mass is 222 g/mol. The third-order valence-corrected chi connectivity index (χ3v) is 2.94. The molecule has 0 aliphatic rings. The Morgan fingerprint density at radius 1 is 1.53 bits per heavy atom. The number of hydrogen-bond donors (Lipinski definition) is 0. The van der Waals surface area contributed by atoms with Crippen LogP contribution in [0.25, 0.3) is 10.1 Å². The maximum atomic E-state index is 11.2. The quantitative estimate of drug-likeness (QED) is 0.585. The molecule has 0 atom stereocenters. The van der Waals surface area contributed by atoms with Gasteiger partial charge in [-0.2, -0.15) is 4.57 Å². The summed E-state index contributed by atoms with van der Waals surface area (Å²) >= 11 is 1.67. The fraction of sp³-hybridized carbons (Fsp3) is 0.273. The molecule has 0 saturated carbocycles. The van der Waals surface area contributed by atoms with Crippen molar-refractivity contribution in [3.05, 3.63) is 29.9 Å². The number of esters is 1. The van der Waals surface area contributed by atoms with Crippen LogP contribution in [-0.4, -0.2) is 12.6 Å². The maximum absolute atomic E-state index is 11.2. The van der Waals surface area contributed by atoms with E-state index in [0.29, 0.717) is 6.61 Å². The predicted octanol–water partition coefficient (Wildman–Crippen LogP) is 1.75. The molecule has 4 heteroatoms. The molecule has 0 radical (unpaired) electrons. The molecular formula is C11H12NO2S+. The summed E-state index contributed by atoms with van der Waals surface area (Å²) in [7, 11) is 0. The highest BCUT2D eigenvalue weighted by Crippen LogP contribution is 2.17. The highest BCUT2D eigenvalue weighted by atomic mass is 32.1. The summed E-state index contributed by atoms with van der Waals surface area (Å²) < 4.78 is 7.91. The molecule has 2 heterocycles. The predicted molar refractivity (Wildman–Crippen MR) is 58.7 cm³/mol. The number of rotatable bonds is 3. The van der Waals surface area contributed by atoms with Crippen molar-refractivity contribution < 1.29 is 14.1 Å². The van der Waals surface area contributed by atoms with Crippen LogP contribution >= 0.6 is 11.3 Å². The van der Waals surface area contributed by atoms with Gasteiger partial charge in [0.05, 0.1) is 11.3 Å². The second-order valence-electron chi connectivity index (χ2n) is 3.16. The van der Waals surface area contributed by atoms with Crippen LogP contribution in [0.2, 0.25) is 0 Å². The van der Waals surface area contributed by atoms with Crippen LogP contribution in [0.3, 0.4) is 0 Å². The molecule has 0 aromatic carbocycles. The van der Waals surface area contributed by atoms with E-state index in [2.05, 4.69) is 6.07 Å². The molecule has 15 heavy (non-hydrogen) atoms. The lowest BCUT2D eigenvalue weighted by Crippen LogP contribution is -2.37. The first-order chi connectivity index (χ1) is 7.29. The summed E-state index contributed by atoms with van der Waals surface area (Å²) in [5.41, 5.74) is 0. The van der Waals surface area contributed by atoms with Crippen LogP contribution < -0.4 is 4.57 Å². The van der Waals surface area contributed by atoms with Crippen LogP contribution in [0.4, 0.5) is 0 Å². The van der Waals surface area contributed by atoms with Crippen LogP contribution in [0.1, 0.15) is 6.92 Å². The number of ether oxygens (including phenoxy) is 1. The van der Waals surface area contributed by atoms with Crippen LogP contribution in [0.15, 0.2) is 29.9 Å². The maximum Gasteiger partial charge on any atom is 0.372 e. The van der Waals surface area contributed by atoms with Crippen molar-refractivity contribution in [1.29, 1.82) is 0 Å². The normalized spacial score (nSPS) is 10.5. The zero-order valence-electron chi connectivity index (χ0n) is 8.47. The number of pyridine rings is 1. The Morgan fingerprint density at radius 2 is 2.40 bits per heavy atom. The highest BCUT2D eigenvalue weighted by molar-refractivity contribution is 7.17. The van der Waals surface area contributed by atoms with Gasteiger partial charge in [-0.3, -0.25) is 0 Å². The van der Waals surface area contributed by atoms with Crippen LogP contribution in [0.5, 0.6) is 0 Å². The molecule has 2 aromatic heterocycles. The van der Waals surface area contributed by atoms with Gasteiger partial charge in [0.25, 0.3) is 0 Å². The average molecular weight is 222 g/mol. The molecule has 0 bridgehead atoms. The first-order valence-corrected chi connectivity index (χ1v) is 5.69. The highest BCUT2D eigenvalue weighted by Gasteiger charge is 2.10. The number of fused-ring (bicyclic) bond motifs is 1. The average Bonchev–Trinajstić information content (AvgIpc) is 2.65. The lowest BCUT2D eigenvalue weighted by Gasteiger charge is -1.97. The topological polar surface area (TPSA) is 30.2 Å². The van der Waals surface area contributed by atoms with Crippen molar-refractivity contribution in [3.8, 4) is 0 Å². The van der Waals surface area contributed by atoms with E-state index < -0.39 is 0 Å². The SMILES string of the molecule is CCOC(=O)C[n+]1ccc2ccsc2c1. The van der Waals surface area contributed by atoms with Crippen molar-refractivity contribution in [2.45, 2.75) is 13.5 Å². The van der Waals surface area contributed by atoms with Gasteiger partial charge >= 0.3 is 5.97 Å². The van der Waals surface area contributed by atoms with Crippen LogP contribution in [-0.2, 0) is 16.1 Å². The molecule has 0 saturated heterocycles. The number of thiophene rings is 1. The summed E-state index contributed by atoms with van der Waals surface area (Å²) in [6.07, 6.45) is 3.86. The lowest BCUT2D eigenvalue weighted by molar-refractivity contribution is -0.684. The van der Waals surface area contributed by atoms with E-state index in [0.717, 1.165) is 0 Å². The molecule has 0 amide bonds. The summed E-state index contributed by atoms with van der Waals surface area (Å²) in [4.78, 5) is 11.2. The Labute approximate surface area is 91.9 Å². The minimum atomic E-state index is -0.196. The van der Waals surface area contributed by atoms with E-state index in [-0.39, 0.29) is 12.5 Å². The summed E-state index contributed by atoms with van der Waals surface area (Å²) in [6, 6.07) is 4.07. The van der Waals surface area contributed by atoms with E-state index >= 15 is 0 Å². The Balaban J connectivity index is 2.17. The Kier molecular flexibility index (Phi) is 2.97. The summed E-state index contributed by atoms with van der Waals surface area (Å²) in [5.74, 6) is -0.196. The minimum absolute atomic E-state index is 0.196. The number of aromatic nitrogens is 1. The van der Waals surface area contributed by atoms with Gasteiger partial charge < -0.3 is 4.74 Å². The van der Waals surface area contributed by atoms with Crippen LogP contribution in [0, 0.1) is 0 Å². The molecule has 0 spiro atoms. The number of hydrogen-bond acceptors (Lipinski definition) is 3. The Morgan fingerprint density at radius 3 is 3.20 bits per heavy atom. The number of carbonyl (C=O) groups is 1. The first-order valence-electron chi connectivity index (χ1n) is 4.81. The van der Waals surface area contributed by atoms with Gasteiger partial charge in [0.1, 0.15) is 0 Å². The molecular weight excluding hydrogens is 210 g/mol. The zero-order valence-corrected chi connectivity index (χ0v) is 9.29. The molecule has 78 valence electrons. The van der Waals surface area contributed by atoms with E-state index in [9.17, 15) is 4.79 Å². The molecule has 2 rings (SSSR count). The Bertz CT molecular complexity index is 478. The second kappa shape index (κ2) is 4.40. The lowest BCUT2D eigenvalue weighted by atomic mass is 10.3. The van der Waals surface area contributed by atoms with Crippen molar-refractivity contribution in [2.75, 3.05) is 6.61 Å². The Hall–Kier alpha value is -1.42. The molecule has 2 aromatic rings. The fourth-order valence-corrected chi connectivity index (χ4v) is 2.23. The smallest absolute Gasteiger partial charge is 0.372 e. The number of carbonyl (C=O) groups excluding carboxylic acids is 1. The van der Waals surface area contributed by atoms with Gasteiger partial charge in [-0.25, -0.2) is 4.79 Å². The first kappa shape index (κ1) is 10.1. The molecule has 0 aliphatic heterocycles. The van der Waals surface area contributed by atoms with Crippen molar-refractivity contribution in [3.63, 3.8) is 0 Å². The summed E-state index contributed by atoms with van der Waals surface area (Å²) in [5, 5.41) is 3.25. The van der Waals surface area contributed by atoms with Gasteiger partial charge in [0.2, 0.25) is 6.54 Å². The van der Waals surface area contributed by atoms with Crippen molar-refractivity contribution in [2.24, 2.45) is 0 Å². The van der Waals surface area contributed by atoms with E-state index in [4.69, 9.17) is 4.74 Å². The van der Waals surface area contributed by atoms with Gasteiger partial charge in [-0.15, -0.1) is 11.3 Å². The largest absolute Gasteiger partial charge is 0.461 e. The van der Waals surface area contributed by atoms with Crippen molar-refractivity contribution in [1.82, 2.24) is 0 Å². The second-order valence-corrected chi connectivity index (χ2v) is 4.11. The van der Waals surface area contributed by atoms with E-state index in [1.807, 2.05) is 35.3 Å². The molecule has 0 aliphatic carbocycles. The standard InChI is InChI=1S/C11H12NO2S/c1-2-14-11(13)8-12-5-3-9-4-6-15-10(9)7-12/h3-7H,2,8H2,1H3/q+1. The zero-order chi connectivity index (χ0) is 10.7. The molecule has 0 unspecified atom stereocenters. The van der Waals surface area contributed by atoms with Gasteiger partial charge in [0, 0.05) is 11.5 Å². The van der Waals surface area contributed by atoms with Crippen molar-refractivity contribution >= 4 is 27.4 Å². The number of nitrogens with zero attached hydrogens (tertiary/aromatic N) is 1. The van der Waals surface area contributed by atoms with E-state index in [1.54, 1.807) is 11.3 Å². The van der Waals surface area contributed by atoms with Gasteiger partial charge in [-0.1, -0.05) is 0 Å². The minimum Gasteiger partial charge on any atom is -0.461 e.